The summed E-state index contributed by atoms with van der Waals surface area (Å²) < 4.78 is 16.3. The molecule has 2 aliphatic rings. The first-order valence-corrected chi connectivity index (χ1v) is 10.3. The van der Waals surface area contributed by atoms with Crippen molar-refractivity contribution in [3.8, 4) is 0 Å². The highest BCUT2D eigenvalue weighted by Crippen LogP contribution is 2.29. The summed E-state index contributed by atoms with van der Waals surface area (Å²) in [5.74, 6) is 2.14. The lowest BCUT2D eigenvalue weighted by atomic mass is 9.95. The highest BCUT2D eigenvalue weighted by atomic mass is 16.5. The molecule has 2 fully saturated rings. The number of amides is 1. The number of hydrogen-bond donors (Lipinski definition) is 0. The number of aryl methyl sites for hydroxylation is 1. The van der Waals surface area contributed by atoms with Crippen molar-refractivity contribution in [3.05, 3.63) is 45.1 Å². The van der Waals surface area contributed by atoms with E-state index in [9.17, 15) is 9.59 Å². The van der Waals surface area contributed by atoms with Crippen LogP contribution in [0.3, 0.4) is 0 Å². The Hall–Kier alpha value is -2.48. The second-order valence-electron chi connectivity index (χ2n) is 8.27. The lowest BCUT2D eigenvalue weighted by molar-refractivity contribution is 0.0698. The monoisotopic (exact) mass is 401 g/mol. The van der Waals surface area contributed by atoms with Crippen LogP contribution in [-0.4, -0.2) is 47.3 Å². The zero-order valence-corrected chi connectivity index (χ0v) is 17.1. The number of aromatic nitrogens is 2. The van der Waals surface area contributed by atoms with Gasteiger partial charge in [0, 0.05) is 37.5 Å². The molecule has 0 aliphatic carbocycles. The Balaban J connectivity index is 1.44. The molecule has 2 aromatic rings. The predicted molar refractivity (Wildman–Crippen MR) is 104 cm³/mol. The van der Waals surface area contributed by atoms with Crippen LogP contribution >= 0.6 is 0 Å². The molecular formula is C21H27N3O5. The van der Waals surface area contributed by atoms with E-state index in [2.05, 4.69) is 10.1 Å². The summed E-state index contributed by atoms with van der Waals surface area (Å²) in [6.07, 6.45) is 2.29. The number of nitrogens with zero attached hydrogens (tertiary/aromatic N) is 3. The van der Waals surface area contributed by atoms with Gasteiger partial charge in [-0.1, -0.05) is 19.0 Å². The van der Waals surface area contributed by atoms with Crippen LogP contribution in [0.2, 0.25) is 0 Å². The van der Waals surface area contributed by atoms with Crippen molar-refractivity contribution in [2.24, 2.45) is 0 Å². The fraction of sp³-hybridized carbons (Fsp3) is 0.619. The molecule has 4 heterocycles. The first kappa shape index (κ1) is 19.8. The van der Waals surface area contributed by atoms with Crippen molar-refractivity contribution in [2.45, 2.75) is 57.8 Å². The standard InChI is InChI=1S/C21H27N3O5/c1-12(2)18-22-19(29-23-18)14-4-7-24(8-5-14)20(25)17-13(3)10-16(28-21(17)26)15-6-9-27-11-15/h10,12,14-15H,4-9,11H2,1-3H3. The SMILES string of the molecule is Cc1cc(C2CCOC2)oc(=O)c1C(=O)N1CCC(c2nc(C(C)C)no2)CC1. The first-order chi connectivity index (χ1) is 13.9. The number of hydrogen-bond acceptors (Lipinski definition) is 7. The third-order valence-corrected chi connectivity index (χ3v) is 5.82. The minimum Gasteiger partial charge on any atom is -0.427 e. The number of piperidine rings is 1. The van der Waals surface area contributed by atoms with Crippen molar-refractivity contribution >= 4 is 5.91 Å². The van der Waals surface area contributed by atoms with Gasteiger partial charge < -0.3 is 18.6 Å². The van der Waals surface area contributed by atoms with E-state index in [1.807, 2.05) is 19.9 Å². The van der Waals surface area contributed by atoms with Crippen LogP contribution in [0.5, 0.6) is 0 Å². The fourth-order valence-corrected chi connectivity index (χ4v) is 3.99. The molecule has 8 nitrogen and oxygen atoms in total. The van der Waals surface area contributed by atoms with Gasteiger partial charge in [-0.25, -0.2) is 4.79 Å². The summed E-state index contributed by atoms with van der Waals surface area (Å²) >= 11 is 0. The van der Waals surface area contributed by atoms with Crippen LogP contribution in [0.15, 0.2) is 19.8 Å². The van der Waals surface area contributed by atoms with Crippen molar-refractivity contribution in [1.82, 2.24) is 15.0 Å². The van der Waals surface area contributed by atoms with E-state index in [0.29, 0.717) is 49.3 Å². The van der Waals surface area contributed by atoms with Gasteiger partial charge in [0.1, 0.15) is 11.3 Å². The summed E-state index contributed by atoms with van der Waals surface area (Å²) in [4.78, 5) is 31.8. The van der Waals surface area contributed by atoms with E-state index in [4.69, 9.17) is 13.7 Å². The Morgan fingerprint density at radius 3 is 2.55 bits per heavy atom. The number of carbonyl (C=O) groups is 1. The molecule has 2 saturated heterocycles. The molecular weight excluding hydrogens is 374 g/mol. The predicted octanol–water partition coefficient (Wildman–Crippen LogP) is 2.98. The van der Waals surface area contributed by atoms with Gasteiger partial charge >= 0.3 is 5.63 Å². The van der Waals surface area contributed by atoms with E-state index >= 15 is 0 Å². The lowest BCUT2D eigenvalue weighted by Crippen LogP contribution is -2.40. The number of likely N-dealkylation sites (tertiary alicyclic amines) is 1. The number of ether oxygens (including phenoxy) is 1. The molecule has 1 amide bonds. The van der Waals surface area contributed by atoms with Gasteiger partial charge in [0.25, 0.3) is 5.91 Å². The molecule has 1 atom stereocenters. The van der Waals surface area contributed by atoms with Gasteiger partial charge in [-0.15, -0.1) is 0 Å². The smallest absolute Gasteiger partial charge is 0.349 e. The van der Waals surface area contributed by atoms with E-state index < -0.39 is 5.63 Å². The highest BCUT2D eigenvalue weighted by Gasteiger charge is 2.31. The molecule has 0 aromatic carbocycles. The average Bonchev–Trinajstić information content (AvgIpc) is 3.39. The second kappa shape index (κ2) is 8.10. The molecule has 156 valence electrons. The molecule has 0 bridgehead atoms. The maximum Gasteiger partial charge on any atom is 0.349 e. The number of rotatable bonds is 4. The zero-order chi connectivity index (χ0) is 20.5. The Morgan fingerprint density at radius 2 is 1.97 bits per heavy atom. The quantitative estimate of drug-likeness (QED) is 0.776. The Kier molecular flexibility index (Phi) is 5.54. The first-order valence-electron chi connectivity index (χ1n) is 10.3. The normalized spacial score (nSPS) is 20.6. The molecule has 2 aliphatic heterocycles. The van der Waals surface area contributed by atoms with E-state index in [1.165, 1.54) is 0 Å². The van der Waals surface area contributed by atoms with Crippen LogP contribution in [0.4, 0.5) is 0 Å². The third-order valence-electron chi connectivity index (χ3n) is 5.82. The Labute approximate surface area is 169 Å². The highest BCUT2D eigenvalue weighted by molar-refractivity contribution is 5.95. The van der Waals surface area contributed by atoms with Crippen LogP contribution in [-0.2, 0) is 4.74 Å². The average molecular weight is 401 g/mol. The molecule has 0 N–H and O–H groups in total. The molecule has 2 aromatic heterocycles. The third kappa shape index (κ3) is 3.99. The van der Waals surface area contributed by atoms with Crippen LogP contribution in [0, 0.1) is 6.92 Å². The van der Waals surface area contributed by atoms with Gasteiger partial charge in [0.15, 0.2) is 5.82 Å². The van der Waals surface area contributed by atoms with Gasteiger partial charge in [-0.05, 0) is 37.8 Å². The van der Waals surface area contributed by atoms with Crippen LogP contribution in [0.1, 0.15) is 84.3 Å². The second-order valence-corrected chi connectivity index (χ2v) is 8.27. The lowest BCUT2D eigenvalue weighted by Gasteiger charge is -2.30. The molecule has 0 spiro atoms. The topological polar surface area (TPSA) is 98.7 Å². The van der Waals surface area contributed by atoms with Crippen molar-refractivity contribution < 1.29 is 18.5 Å². The van der Waals surface area contributed by atoms with E-state index in [-0.39, 0.29) is 29.2 Å². The summed E-state index contributed by atoms with van der Waals surface area (Å²) in [5, 5.41) is 4.03. The zero-order valence-electron chi connectivity index (χ0n) is 17.1. The number of carbonyl (C=O) groups excluding carboxylic acids is 1. The van der Waals surface area contributed by atoms with Gasteiger partial charge in [0.05, 0.1) is 6.61 Å². The summed E-state index contributed by atoms with van der Waals surface area (Å²) in [6.45, 7) is 8.14. The van der Waals surface area contributed by atoms with Gasteiger partial charge in [-0.3, -0.25) is 4.79 Å². The minimum absolute atomic E-state index is 0.0893. The maximum absolute atomic E-state index is 13.0. The summed E-state index contributed by atoms with van der Waals surface area (Å²) in [5.41, 5.74) is 0.234. The Bertz CT molecular complexity index is 934. The van der Waals surface area contributed by atoms with Gasteiger partial charge in [-0.2, -0.15) is 4.98 Å². The maximum atomic E-state index is 13.0. The largest absolute Gasteiger partial charge is 0.427 e. The molecule has 1 unspecified atom stereocenters. The minimum atomic E-state index is -0.558. The fourth-order valence-electron chi connectivity index (χ4n) is 3.99. The van der Waals surface area contributed by atoms with E-state index in [0.717, 1.165) is 19.3 Å². The van der Waals surface area contributed by atoms with Gasteiger partial charge in [0.2, 0.25) is 5.89 Å². The van der Waals surface area contributed by atoms with Crippen LogP contribution < -0.4 is 5.63 Å². The molecule has 8 heteroatoms. The van der Waals surface area contributed by atoms with Crippen molar-refractivity contribution in [1.29, 1.82) is 0 Å². The molecule has 0 radical (unpaired) electrons. The molecule has 29 heavy (non-hydrogen) atoms. The summed E-state index contributed by atoms with van der Waals surface area (Å²) in [6, 6.07) is 1.81. The van der Waals surface area contributed by atoms with Crippen LogP contribution in [0.25, 0.3) is 0 Å². The Morgan fingerprint density at radius 1 is 1.21 bits per heavy atom. The van der Waals surface area contributed by atoms with E-state index in [1.54, 1.807) is 11.8 Å². The molecule has 4 rings (SSSR count). The molecule has 0 saturated carbocycles. The van der Waals surface area contributed by atoms with Crippen molar-refractivity contribution in [3.63, 3.8) is 0 Å². The van der Waals surface area contributed by atoms with Crippen molar-refractivity contribution in [2.75, 3.05) is 26.3 Å². The summed E-state index contributed by atoms with van der Waals surface area (Å²) in [7, 11) is 0.